The van der Waals surface area contributed by atoms with Crippen molar-refractivity contribution in [3.8, 4) is 45.6 Å². The number of nitrogens with zero attached hydrogens (tertiary/aromatic N) is 10. The summed E-state index contributed by atoms with van der Waals surface area (Å²) >= 11 is 0. The highest BCUT2D eigenvalue weighted by Crippen LogP contribution is 2.40. The van der Waals surface area contributed by atoms with E-state index in [1.54, 1.807) is 72.8 Å². The van der Waals surface area contributed by atoms with Gasteiger partial charge in [0, 0.05) is 96.2 Å². The Bertz CT molecular complexity index is 4000. The molecule has 0 radical (unpaired) electrons. The Kier molecular flexibility index (Phi) is 21.7. The molecule has 0 spiro atoms. The summed E-state index contributed by atoms with van der Waals surface area (Å²) in [5, 5.41) is 1.69. The highest BCUT2D eigenvalue weighted by molar-refractivity contribution is 7.90. The van der Waals surface area contributed by atoms with Crippen LogP contribution in [0.25, 0.3) is 89.7 Å². The number of nitrogens with one attached hydrogen (secondary N) is 2. The van der Waals surface area contributed by atoms with Crippen LogP contribution >= 0.6 is 0 Å². The van der Waals surface area contributed by atoms with Crippen LogP contribution in [0.2, 0.25) is 0 Å². The number of unbranched alkanes of at least 4 members (excludes halogenated alkanes) is 8. The van der Waals surface area contributed by atoms with Crippen LogP contribution in [0.4, 0.5) is 0 Å². The molecule has 0 amide bonds. The third-order valence-electron chi connectivity index (χ3n) is 16.4. The van der Waals surface area contributed by atoms with E-state index >= 15 is 0 Å². The largest absolute Gasteiger partial charge is 0.324 e. The Hall–Kier alpha value is -6.12. The molecule has 0 saturated heterocycles. The van der Waals surface area contributed by atoms with E-state index in [4.69, 9.17) is 29.9 Å². The second kappa shape index (κ2) is 28.8. The van der Waals surface area contributed by atoms with Gasteiger partial charge in [-0.05, 0) is 124 Å². The molecule has 7 aromatic rings. The van der Waals surface area contributed by atoms with Gasteiger partial charge in [-0.25, -0.2) is 63.6 Å². The zero-order chi connectivity index (χ0) is 63.0. The topological polar surface area (TPSA) is 258 Å². The van der Waals surface area contributed by atoms with E-state index in [2.05, 4.69) is 9.97 Å². The third-order valence-corrected chi connectivity index (χ3v) is 23.9. The number of benzene rings is 4. The van der Waals surface area contributed by atoms with Gasteiger partial charge in [-0.1, -0.05) is 107 Å². The summed E-state index contributed by atoms with van der Waals surface area (Å²) in [6, 6.07) is 19.2. The van der Waals surface area contributed by atoms with Crippen LogP contribution in [0.1, 0.15) is 158 Å². The standard InChI is InChI=1S/C64H86N12O8S4/c1-9-17-33-73(34-18-10-2)85(77,78)45-25-29-49-53(41-45)61-65-57(49)70-62-55-43-47(87(81,82)75(37-21-13-5)38-22-14-6)27-31-51(55)59(67-62)72-64-56-44-48(88(83,84)76(39-23-15-7)40-24-16-8)28-32-52(56)60(68-64)71-63-54-42-46(26-30-50(54)58(66-63)69-61)86(79,80)74(35-19-11-3)36-20-12-4/h25-32,41-44H,9-24,33-40H2,1-8H3,(H2,65,66,67,68,69,70,71,72). The van der Waals surface area contributed by atoms with Gasteiger partial charge in [-0.3, -0.25) is 0 Å². The summed E-state index contributed by atoms with van der Waals surface area (Å²) in [6.45, 7) is 18.9. The van der Waals surface area contributed by atoms with Crippen molar-refractivity contribution >= 4 is 84.2 Å². The lowest BCUT2D eigenvalue weighted by Crippen LogP contribution is -2.33. The summed E-state index contributed by atoms with van der Waals surface area (Å²) < 4.78 is 124. The number of aromatic nitrogens is 8. The fourth-order valence-electron chi connectivity index (χ4n) is 11.0. The van der Waals surface area contributed by atoms with Gasteiger partial charge >= 0.3 is 0 Å². The summed E-state index contributed by atoms with van der Waals surface area (Å²) in [7, 11) is -16.2. The van der Waals surface area contributed by atoms with Crippen LogP contribution in [0, 0.1) is 0 Å². The van der Waals surface area contributed by atoms with Crippen molar-refractivity contribution in [2.45, 2.75) is 178 Å². The Morgan fingerprint density at radius 3 is 0.773 bits per heavy atom. The van der Waals surface area contributed by atoms with Crippen molar-refractivity contribution in [3.05, 3.63) is 72.8 Å². The van der Waals surface area contributed by atoms with Gasteiger partial charge < -0.3 is 9.97 Å². The van der Waals surface area contributed by atoms with Gasteiger partial charge in [-0.15, -0.1) is 0 Å². The SMILES string of the molecule is CCCCN(CCCC)S(=O)(=O)c1ccc2c(c1)-c1nc-2nc2[nH]c(nc3nc(nc4[nH]c(n1)c1ccc(S(=O)(=O)N(CCCC)CCCC)cc41)-c1ccc(S(=O)(=O)N(CCCC)CCCC)cc1-3)c1ccc(S(=O)(=O)N(CCCC)CCCC)cc21. The molecule has 5 heterocycles. The highest BCUT2D eigenvalue weighted by atomic mass is 32.2. The fourth-order valence-corrected chi connectivity index (χ4v) is 17.2. The lowest BCUT2D eigenvalue weighted by molar-refractivity contribution is 0.395. The Balaban J connectivity index is 1.39. The molecule has 8 bridgehead atoms. The van der Waals surface area contributed by atoms with Gasteiger partial charge in [0.05, 0.1) is 19.6 Å². The minimum Gasteiger partial charge on any atom is -0.324 e. The molecule has 0 atom stereocenters. The van der Waals surface area contributed by atoms with Gasteiger partial charge in [0.1, 0.15) is 22.6 Å². The highest BCUT2D eigenvalue weighted by Gasteiger charge is 2.32. The number of H-pyrrole nitrogens is 2. The predicted molar refractivity (Wildman–Crippen MR) is 350 cm³/mol. The van der Waals surface area contributed by atoms with E-state index in [9.17, 15) is 33.7 Å². The predicted octanol–water partition coefficient (Wildman–Crippen LogP) is 13.2. The minimum absolute atomic E-state index is 0.0401. The molecule has 474 valence electrons. The zero-order valence-electron chi connectivity index (χ0n) is 52.3. The molecule has 0 unspecified atom stereocenters. The number of rotatable bonds is 32. The zero-order valence-corrected chi connectivity index (χ0v) is 55.5. The van der Waals surface area contributed by atoms with Crippen LogP contribution in [0.3, 0.4) is 0 Å². The van der Waals surface area contributed by atoms with Crippen molar-refractivity contribution < 1.29 is 33.7 Å². The summed E-state index contributed by atoms with van der Waals surface area (Å²) in [5.41, 5.74) is 2.38. The van der Waals surface area contributed by atoms with Crippen molar-refractivity contribution in [1.82, 2.24) is 57.1 Å². The molecule has 4 aromatic carbocycles. The first-order valence-corrected chi connectivity index (χ1v) is 37.5. The van der Waals surface area contributed by atoms with Gasteiger partial charge in [0.2, 0.25) is 40.1 Å². The molecule has 9 rings (SSSR count). The third kappa shape index (κ3) is 13.8. The smallest absolute Gasteiger partial charge is 0.243 e. The minimum atomic E-state index is -4.05. The molecule has 3 aromatic heterocycles. The van der Waals surface area contributed by atoms with Crippen LogP contribution < -0.4 is 0 Å². The quantitative estimate of drug-likeness (QED) is 0.0397. The second-order valence-corrected chi connectivity index (χ2v) is 30.6. The van der Waals surface area contributed by atoms with E-state index in [0.29, 0.717) is 148 Å². The molecule has 0 aliphatic carbocycles. The molecule has 2 aliphatic rings. The Morgan fingerprint density at radius 2 is 0.511 bits per heavy atom. The molecule has 0 saturated carbocycles. The van der Waals surface area contributed by atoms with Crippen molar-refractivity contribution in [3.63, 3.8) is 0 Å². The molecular weight excluding hydrogens is 1190 g/mol. The number of sulfonamides is 4. The van der Waals surface area contributed by atoms with Crippen LogP contribution in [-0.4, -0.2) is 143 Å². The number of fused-ring (bicyclic) bond motifs is 20. The molecule has 88 heavy (non-hydrogen) atoms. The molecule has 2 aliphatic heterocycles. The van der Waals surface area contributed by atoms with Crippen molar-refractivity contribution in [1.29, 1.82) is 0 Å². The van der Waals surface area contributed by atoms with E-state index in [1.165, 1.54) is 17.2 Å². The summed E-state index contributed by atoms with van der Waals surface area (Å²) in [5.74, 6) is 0.448. The molecule has 2 N–H and O–H groups in total. The van der Waals surface area contributed by atoms with E-state index in [1.807, 2.05) is 55.4 Å². The Labute approximate surface area is 520 Å². The first kappa shape index (κ1) is 66.3. The lowest BCUT2D eigenvalue weighted by Gasteiger charge is -2.22. The molecular formula is C64H86N12O8S4. The first-order valence-electron chi connectivity index (χ1n) is 31.7. The molecule has 24 heteroatoms. The second-order valence-electron chi connectivity index (χ2n) is 22.9. The van der Waals surface area contributed by atoms with Gasteiger partial charge in [0.25, 0.3) is 0 Å². The Morgan fingerprint density at radius 1 is 0.284 bits per heavy atom. The molecule has 20 nitrogen and oxygen atoms in total. The average Bonchev–Trinajstić information content (AvgIpc) is 1.89. The van der Waals surface area contributed by atoms with Crippen molar-refractivity contribution in [2.24, 2.45) is 0 Å². The van der Waals surface area contributed by atoms with Gasteiger partial charge in [-0.2, -0.15) is 17.2 Å². The van der Waals surface area contributed by atoms with Crippen LogP contribution in [0.5, 0.6) is 0 Å². The number of hydrogen-bond donors (Lipinski definition) is 2. The van der Waals surface area contributed by atoms with E-state index in [0.717, 1.165) is 51.4 Å². The van der Waals surface area contributed by atoms with Crippen LogP contribution in [0.15, 0.2) is 92.4 Å². The number of aromatic amines is 2. The fraction of sp³-hybridized carbons (Fsp3) is 0.500. The maximum Gasteiger partial charge on any atom is 0.243 e. The maximum absolute atomic E-state index is 14.7. The normalized spacial score (nSPS) is 13.0. The number of hydrogen-bond acceptors (Lipinski definition) is 14. The van der Waals surface area contributed by atoms with Crippen LogP contribution in [-0.2, 0) is 40.1 Å². The summed E-state index contributed by atoms with van der Waals surface area (Å²) in [4.78, 5) is 37.8. The molecule has 0 fully saturated rings. The van der Waals surface area contributed by atoms with Gasteiger partial charge in [0.15, 0.2) is 23.3 Å². The average molecular weight is 1280 g/mol. The maximum atomic E-state index is 14.7. The van der Waals surface area contributed by atoms with E-state index < -0.39 is 40.1 Å². The summed E-state index contributed by atoms with van der Waals surface area (Å²) in [6.07, 6.45) is 11.8. The van der Waals surface area contributed by atoms with Crippen molar-refractivity contribution in [2.75, 3.05) is 52.4 Å². The van der Waals surface area contributed by atoms with E-state index in [-0.39, 0.29) is 65.5 Å². The lowest BCUT2D eigenvalue weighted by atomic mass is 10.1. The monoisotopic (exact) mass is 1280 g/mol. The first-order chi connectivity index (χ1) is 42.3.